The normalized spacial score (nSPS) is 24.8. The second kappa shape index (κ2) is 10.3. The van der Waals surface area contributed by atoms with Gasteiger partial charge >= 0.3 is 7.82 Å². The molecule has 0 aliphatic heterocycles. The van der Waals surface area contributed by atoms with Gasteiger partial charge in [-0.25, -0.2) is 0 Å². The average Bonchev–Trinajstić information content (AvgIpc) is 2.97. The quantitative estimate of drug-likeness (QED) is 0.292. The van der Waals surface area contributed by atoms with E-state index in [1.54, 1.807) is 0 Å². The Morgan fingerprint density at radius 2 is 0.875 bits per heavy atom. The summed E-state index contributed by atoms with van der Waals surface area (Å²) >= 11 is 0. The Bertz CT molecular complexity index is 1570. The first-order valence-corrected chi connectivity index (χ1v) is 10.5. The Morgan fingerprint density at radius 1 is 0.594 bits per heavy atom. The van der Waals surface area contributed by atoms with Crippen molar-refractivity contribution in [3.63, 3.8) is 0 Å². The van der Waals surface area contributed by atoms with E-state index in [0.29, 0.717) is 0 Å². The molecule has 0 fully saturated rings. The highest BCUT2D eigenvalue weighted by Crippen LogP contribution is 2.53. The summed E-state index contributed by atoms with van der Waals surface area (Å²) in [4.78, 5) is 0. The minimum Gasteiger partial charge on any atom is -0.386 e. The molecule has 0 aliphatic rings. The molecule has 5 heteroatoms. The van der Waals surface area contributed by atoms with Crippen molar-refractivity contribution < 1.29 is 46.9 Å². The van der Waals surface area contributed by atoms with Gasteiger partial charge in [-0.1, -0.05) is 95.7 Å². The molecule has 0 aliphatic carbocycles. The van der Waals surface area contributed by atoms with E-state index in [-0.39, 0.29) is 0 Å². The third-order valence-electron chi connectivity index (χ3n) is 4.10. The molecule has 0 saturated carbocycles. The molecule has 32 heavy (non-hydrogen) atoms. The van der Waals surface area contributed by atoms with Gasteiger partial charge in [-0.2, -0.15) is 4.57 Å². The molecule has 0 heterocycles. The molecule has 0 radical (unpaired) electrons. The fourth-order valence-electron chi connectivity index (χ4n) is 2.68. The lowest BCUT2D eigenvalue weighted by atomic mass is 10.0. The van der Waals surface area contributed by atoms with Crippen LogP contribution in [0.25, 0.3) is 0 Å². The Kier molecular flexibility index (Phi) is 2.75. The van der Waals surface area contributed by atoms with Gasteiger partial charge in [-0.3, -0.25) is 0 Å². The molecule has 3 aromatic carbocycles. The van der Waals surface area contributed by atoms with E-state index in [1.165, 1.54) is 0 Å². The molecule has 0 atom stereocenters. The molecular formula is C27H33O4P. The van der Waals surface area contributed by atoms with E-state index in [1.807, 2.05) is 0 Å². The number of hydrogen-bond donors (Lipinski definition) is 0. The maximum atomic E-state index is 15.0. The van der Waals surface area contributed by atoms with Crippen LogP contribution < -0.4 is 13.6 Å². The predicted molar refractivity (Wildman–Crippen MR) is 131 cm³/mol. The van der Waals surface area contributed by atoms with Crippen molar-refractivity contribution in [2.24, 2.45) is 0 Å². The average molecular weight is 474 g/mol. The largest absolute Gasteiger partial charge is 0.647 e. The number of phosphoric ester groups is 1. The standard InChI is InChI=1S/C27H33O4P/c1-19(2)22-13-7-10-16-25(22)29-32(28,30-26-17-11-8-14-23(26)20(3)4)31-27-18-12-9-15-24(27)21(5)6/h7-21H,1-6H3/i1D3,2D3,3D3,4D3,5D3,6D3,19D,20D,21D. The molecule has 0 aromatic heterocycles. The summed E-state index contributed by atoms with van der Waals surface area (Å²) in [5.41, 5.74) is -2.81. The van der Waals surface area contributed by atoms with Crippen molar-refractivity contribution in [3.05, 3.63) is 89.5 Å². The summed E-state index contributed by atoms with van der Waals surface area (Å²) in [5.74, 6) is -13.4. The van der Waals surface area contributed by atoms with Gasteiger partial charge in [0.25, 0.3) is 0 Å². The Hall–Kier alpha value is -2.71. The van der Waals surface area contributed by atoms with Crippen molar-refractivity contribution >= 4 is 7.82 Å². The number of para-hydroxylation sites is 3. The number of phosphoric acid groups is 1. The fraction of sp³-hybridized carbons (Fsp3) is 0.333. The highest BCUT2D eigenvalue weighted by Gasteiger charge is 2.36. The van der Waals surface area contributed by atoms with Crippen LogP contribution in [0.3, 0.4) is 0 Å². The van der Waals surface area contributed by atoms with Gasteiger partial charge in [0.15, 0.2) is 0 Å². The van der Waals surface area contributed by atoms with Crippen LogP contribution in [0.15, 0.2) is 72.8 Å². The van der Waals surface area contributed by atoms with Gasteiger partial charge in [0.05, 0.1) is 0 Å². The summed E-state index contributed by atoms with van der Waals surface area (Å²) in [6.07, 6.45) is 0. The summed E-state index contributed by atoms with van der Waals surface area (Å²) in [7, 11) is -5.84. The molecule has 0 N–H and O–H groups in total. The lowest BCUT2D eigenvalue weighted by Crippen LogP contribution is -2.11. The smallest absolute Gasteiger partial charge is 0.386 e. The van der Waals surface area contributed by atoms with E-state index in [4.69, 9.17) is 42.4 Å². The first kappa shape index (κ1) is 8.57. The summed E-state index contributed by atoms with van der Waals surface area (Å²) < 4.78 is 201. The van der Waals surface area contributed by atoms with E-state index < -0.39 is 101 Å². The molecule has 170 valence electrons. The minimum absolute atomic E-state index is 0.837. The van der Waals surface area contributed by atoms with Crippen molar-refractivity contribution in [2.75, 3.05) is 0 Å². The Morgan fingerprint density at radius 3 is 1.16 bits per heavy atom. The Balaban J connectivity index is 2.46. The summed E-state index contributed by atoms with van der Waals surface area (Å²) in [6, 6.07) is 11.8. The lowest BCUT2D eigenvalue weighted by Gasteiger charge is -2.24. The first-order valence-electron chi connectivity index (χ1n) is 19.6. The molecule has 0 saturated heterocycles. The number of rotatable bonds is 9. The van der Waals surface area contributed by atoms with Gasteiger partial charge in [-0.05, 0) is 52.6 Å². The summed E-state index contributed by atoms with van der Waals surface area (Å²) in [5, 5.41) is 0. The second-order valence-electron chi connectivity index (χ2n) is 6.33. The molecule has 0 spiro atoms. The van der Waals surface area contributed by atoms with Crippen LogP contribution in [0.4, 0.5) is 0 Å². The van der Waals surface area contributed by atoms with Gasteiger partial charge in [0.2, 0.25) is 0 Å². The van der Waals surface area contributed by atoms with Gasteiger partial charge in [0, 0.05) is 28.8 Å². The van der Waals surface area contributed by atoms with Crippen LogP contribution in [0.2, 0.25) is 0 Å². The second-order valence-corrected chi connectivity index (χ2v) is 7.78. The Labute approximate surface area is 221 Å². The number of benzene rings is 3. The topological polar surface area (TPSA) is 44.8 Å². The maximum Gasteiger partial charge on any atom is 0.647 e. The monoisotopic (exact) mass is 473 g/mol. The highest BCUT2D eigenvalue weighted by atomic mass is 31.2. The SMILES string of the molecule is [2H]C([2H])([2H])C([2H])(c1ccccc1OP(=O)(Oc1ccccc1C([2H])(C([2H])([2H])[2H])C([2H])([2H])[2H])Oc1ccccc1C([2H])(C([2H])([2H])[2H])C([2H])([2H])[2H])C([2H])([2H])[2H]. The molecule has 0 amide bonds. The first-order chi connectivity index (χ1) is 23.6. The third kappa shape index (κ3) is 5.75. The van der Waals surface area contributed by atoms with Gasteiger partial charge < -0.3 is 13.6 Å². The van der Waals surface area contributed by atoms with Crippen molar-refractivity contribution in [1.82, 2.24) is 0 Å². The van der Waals surface area contributed by atoms with Crippen molar-refractivity contribution in [2.45, 2.75) is 58.8 Å². The molecule has 4 nitrogen and oxygen atoms in total. The minimum atomic E-state index is -5.84. The van der Waals surface area contributed by atoms with Gasteiger partial charge in [0.1, 0.15) is 17.2 Å². The van der Waals surface area contributed by atoms with E-state index in [0.717, 1.165) is 72.8 Å². The molecule has 3 aromatic rings. The maximum absolute atomic E-state index is 15.0. The van der Waals surface area contributed by atoms with Crippen LogP contribution in [0.5, 0.6) is 17.2 Å². The van der Waals surface area contributed by atoms with Crippen LogP contribution in [-0.4, -0.2) is 0 Å². The van der Waals surface area contributed by atoms with Crippen molar-refractivity contribution in [1.29, 1.82) is 0 Å². The number of hydrogen-bond acceptors (Lipinski definition) is 4. The van der Waals surface area contributed by atoms with Crippen LogP contribution in [-0.2, 0) is 4.57 Å². The van der Waals surface area contributed by atoms with Crippen molar-refractivity contribution in [3.8, 4) is 17.2 Å². The van der Waals surface area contributed by atoms with E-state index in [9.17, 15) is 4.57 Å². The van der Waals surface area contributed by atoms with Gasteiger partial charge in [-0.15, -0.1) is 0 Å². The molecular weight excluding hydrogens is 419 g/mol. The fourth-order valence-corrected chi connectivity index (χ4v) is 3.99. The zero-order chi connectivity index (χ0) is 41.1. The van der Waals surface area contributed by atoms with E-state index in [2.05, 4.69) is 0 Å². The lowest BCUT2D eigenvalue weighted by molar-refractivity contribution is 0.294. The highest BCUT2D eigenvalue weighted by molar-refractivity contribution is 7.49. The van der Waals surface area contributed by atoms with Crippen LogP contribution in [0, 0.1) is 0 Å². The zero-order valence-electron chi connectivity index (χ0n) is 37.5. The van der Waals surface area contributed by atoms with Crippen LogP contribution >= 0.6 is 7.82 Å². The predicted octanol–water partition coefficient (Wildman–Crippen LogP) is 8.70. The molecule has 0 bridgehead atoms. The molecule has 0 unspecified atom stereocenters. The van der Waals surface area contributed by atoms with Crippen LogP contribution in [0.1, 0.15) is 104 Å². The third-order valence-corrected chi connectivity index (χ3v) is 5.36. The summed E-state index contributed by atoms with van der Waals surface area (Å²) in [6.45, 7) is -21.8. The van der Waals surface area contributed by atoms with E-state index >= 15 is 0 Å². The molecule has 3 rings (SSSR count). The zero-order valence-corrected chi connectivity index (χ0v) is 17.4.